The zero-order chi connectivity index (χ0) is 17.0. The predicted molar refractivity (Wildman–Crippen MR) is 87.9 cm³/mol. The molecule has 0 spiro atoms. The molecule has 23 heavy (non-hydrogen) atoms. The molecule has 0 saturated carbocycles. The number of H-pyrrole nitrogens is 1. The minimum Gasteiger partial charge on any atom is -0.324 e. The summed E-state index contributed by atoms with van der Waals surface area (Å²) in [7, 11) is 0. The van der Waals surface area contributed by atoms with Gasteiger partial charge < -0.3 is 5.32 Å². The number of halogens is 1. The summed E-state index contributed by atoms with van der Waals surface area (Å²) < 4.78 is 0. The van der Waals surface area contributed by atoms with Gasteiger partial charge in [0.25, 0.3) is 5.69 Å². The highest BCUT2D eigenvalue weighted by atomic mass is 35.5. The Morgan fingerprint density at radius 2 is 2.26 bits per heavy atom. The molecule has 10 heteroatoms. The lowest BCUT2D eigenvalue weighted by Gasteiger charge is -2.06. The molecule has 1 amide bonds. The maximum Gasteiger partial charge on any atom is 0.271 e. The van der Waals surface area contributed by atoms with Crippen molar-refractivity contribution in [2.24, 2.45) is 0 Å². The van der Waals surface area contributed by atoms with Crippen molar-refractivity contribution in [2.45, 2.75) is 24.9 Å². The summed E-state index contributed by atoms with van der Waals surface area (Å²) in [6, 6.07) is 3.86. The predicted octanol–water partition coefficient (Wildman–Crippen LogP) is 3.22. The number of thioether (sulfide) groups is 1. The van der Waals surface area contributed by atoms with Crippen LogP contribution in [0, 0.1) is 10.1 Å². The first-order valence-corrected chi connectivity index (χ1v) is 8.02. The van der Waals surface area contributed by atoms with Crippen LogP contribution in [0.3, 0.4) is 0 Å². The Bertz CT molecular complexity index is 734. The zero-order valence-corrected chi connectivity index (χ0v) is 13.9. The number of hydrogen-bond donors (Lipinski definition) is 2. The number of nitro benzene ring substituents is 1. The van der Waals surface area contributed by atoms with Crippen molar-refractivity contribution in [1.29, 1.82) is 0 Å². The lowest BCUT2D eigenvalue weighted by Crippen LogP contribution is -2.14. The molecule has 1 aromatic heterocycles. The van der Waals surface area contributed by atoms with Crippen LogP contribution in [-0.4, -0.2) is 31.8 Å². The third-order valence-electron chi connectivity index (χ3n) is 2.80. The molecule has 1 heterocycles. The first kappa shape index (κ1) is 17.2. The van der Waals surface area contributed by atoms with Crippen LogP contribution < -0.4 is 5.32 Å². The van der Waals surface area contributed by atoms with E-state index in [1.165, 1.54) is 18.2 Å². The third kappa shape index (κ3) is 4.67. The van der Waals surface area contributed by atoms with Crippen molar-refractivity contribution in [3.63, 3.8) is 0 Å². The largest absolute Gasteiger partial charge is 0.324 e. The molecular weight excluding hydrogens is 342 g/mol. The molecular formula is C13H14ClN5O3S. The van der Waals surface area contributed by atoms with Crippen molar-refractivity contribution in [1.82, 2.24) is 15.2 Å². The standard InChI is InChI=1S/C13H14ClN5O3S/c1-7(2)12-16-13(18-17-12)23-6-11(20)15-10-5-8(19(21)22)3-4-9(10)14/h3-5,7H,6H2,1-2H3,(H,15,20)(H,16,17,18). The van der Waals surface area contributed by atoms with Crippen molar-refractivity contribution in [3.05, 3.63) is 39.2 Å². The molecule has 0 aliphatic heterocycles. The van der Waals surface area contributed by atoms with Gasteiger partial charge in [-0.15, -0.1) is 5.10 Å². The minimum atomic E-state index is -0.554. The van der Waals surface area contributed by atoms with E-state index >= 15 is 0 Å². The van der Waals surface area contributed by atoms with Crippen LogP contribution in [0.15, 0.2) is 23.4 Å². The highest BCUT2D eigenvalue weighted by molar-refractivity contribution is 7.99. The molecule has 0 aliphatic rings. The van der Waals surface area contributed by atoms with Crippen LogP contribution in [0.4, 0.5) is 11.4 Å². The van der Waals surface area contributed by atoms with E-state index < -0.39 is 4.92 Å². The fourth-order valence-corrected chi connectivity index (χ4v) is 2.39. The van der Waals surface area contributed by atoms with Gasteiger partial charge >= 0.3 is 0 Å². The summed E-state index contributed by atoms with van der Waals surface area (Å²) in [5.41, 5.74) is 0.0530. The molecule has 2 aromatic rings. The number of carbonyl (C=O) groups is 1. The van der Waals surface area contributed by atoms with Gasteiger partial charge in [-0.25, -0.2) is 4.98 Å². The molecule has 0 unspecified atom stereocenters. The average Bonchev–Trinajstić information content (AvgIpc) is 2.96. The van der Waals surface area contributed by atoms with E-state index in [-0.39, 0.29) is 34.0 Å². The summed E-state index contributed by atoms with van der Waals surface area (Å²) in [6.07, 6.45) is 0. The highest BCUT2D eigenvalue weighted by Crippen LogP contribution is 2.27. The van der Waals surface area contributed by atoms with Crippen LogP contribution in [-0.2, 0) is 4.79 Å². The van der Waals surface area contributed by atoms with E-state index in [9.17, 15) is 14.9 Å². The Hall–Kier alpha value is -2.13. The summed E-state index contributed by atoms with van der Waals surface area (Å²) in [5.74, 6) is 0.672. The Morgan fingerprint density at radius 1 is 1.52 bits per heavy atom. The van der Waals surface area contributed by atoms with Gasteiger partial charge in [0.1, 0.15) is 5.82 Å². The number of aromatic amines is 1. The van der Waals surface area contributed by atoms with Gasteiger partial charge in [0, 0.05) is 18.1 Å². The molecule has 0 aliphatic carbocycles. The van der Waals surface area contributed by atoms with Crippen LogP contribution in [0.2, 0.25) is 5.02 Å². The second-order valence-corrected chi connectivity index (χ2v) is 6.27. The maximum absolute atomic E-state index is 11.9. The van der Waals surface area contributed by atoms with Crippen molar-refractivity contribution < 1.29 is 9.72 Å². The lowest BCUT2D eigenvalue weighted by atomic mass is 10.2. The molecule has 0 bridgehead atoms. The molecule has 0 saturated heterocycles. The summed E-state index contributed by atoms with van der Waals surface area (Å²) in [5, 5.41) is 20.8. The molecule has 0 atom stereocenters. The number of benzene rings is 1. The first-order chi connectivity index (χ1) is 10.9. The summed E-state index contributed by atoms with van der Waals surface area (Å²) in [6.45, 7) is 3.96. The van der Waals surface area contributed by atoms with E-state index in [0.717, 1.165) is 17.6 Å². The number of nitrogens with one attached hydrogen (secondary N) is 2. The highest BCUT2D eigenvalue weighted by Gasteiger charge is 2.13. The van der Waals surface area contributed by atoms with Crippen LogP contribution in [0.25, 0.3) is 0 Å². The fourth-order valence-electron chi connectivity index (χ4n) is 1.62. The van der Waals surface area contributed by atoms with E-state index in [1.54, 1.807) is 0 Å². The monoisotopic (exact) mass is 355 g/mol. The first-order valence-electron chi connectivity index (χ1n) is 6.65. The molecule has 0 fully saturated rings. The quantitative estimate of drug-likeness (QED) is 0.467. The number of aromatic nitrogens is 3. The SMILES string of the molecule is CC(C)c1nc(SCC(=O)Nc2cc([N+](=O)[O-])ccc2Cl)n[nH]1. The Morgan fingerprint density at radius 3 is 2.87 bits per heavy atom. The second kappa shape index (κ2) is 7.42. The fraction of sp³-hybridized carbons (Fsp3) is 0.308. The smallest absolute Gasteiger partial charge is 0.271 e. The number of nitro groups is 1. The summed E-state index contributed by atoms with van der Waals surface area (Å²) >= 11 is 7.09. The van der Waals surface area contributed by atoms with Crippen LogP contribution in [0.1, 0.15) is 25.6 Å². The Labute approximate surface area is 141 Å². The van der Waals surface area contributed by atoms with Crippen molar-refractivity contribution >= 4 is 40.6 Å². The third-order valence-corrected chi connectivity index (χ3v) is 3.97. The van der Waals surface area contributed by atoms with Gasteiger partial charge in [-0.2, -0.15) is 0 Å². The number of rotatable bonds is 6. The zero-order valence-electron chi connectivity index (χ0n) is 12.4. The summed E-state index contributed by atoms with van der Waals surface area (Å²) in [4.78, 5) is 26.4. The molecule has 1 aromatic carbocycles. The number of carbonyl (C=O) groups excluding carboxylic acids is 1. The van der Waals surface area contributed by atoms with Gasteiger partial charge in [0.15, 0.2) is 0 Å². The lowest BCUT2D eigenvalue weighted by molar-refractivity contribution is -0.384. The Kier molecular flexibility index (Phi) is 5.56. The molecule has 0 radical (unpaired) electrons. The van der Waals surface area contributed by atoms with Crippen LogP contribution in [0.5, 0.6) is 0 Å². The second-order valence-electron chi connectivity index (χ2n) is 4.92. The molecule has 122 valence electrons. The van der Waals surface area contributed by atoms with E-state index in [1.807, 2.05) is 13.8 Å². The maximum atomic E-state index is 11.9. The van der Waals surface area contributed by atoms with Gasteiger partial charge in [-0.05, 0) is 6.07 Å². The number of non-ortho nitro benzene ring substituents is 1. The van der Waals surface area contributed by atoms with Crippen LogP contribution >= 0.6 is 23.4 Å². The average molecular weight is 356 g/mol. The number of anilines is 1. The van der Waals surface area contributed by atoms with E-state index in [4.69, 9.17) is 11.6 Å². The van der Waals surface area contributed by atoms with Gasteiger partial charge in [0.2, 0.25) is 11.1 Å². The number of hydrogen-bond acceptors (Lipinski definition) is 6. The Balaban J connectivity index is 1.96. The van der Waals surface area contributed by atoms with Gasteiger partial charge in [-0.1, -0.05) is 37.2 Å². The number of nitrogens with zero attached hydrogens (tertiary/aromatic N) is 3. The van der Waals surface area contributed by atoms with Crippen molar-refractivity contribution in [2.75, 3.05) is 11.1 Å². The van der Waals surface area contributed by atoms with Gasteiger partial charge in [-0.3, -0.25) is 20.0 Å². The van der Waals surface area contributed by atoms with Crippen molar-refractivity contribution in [3.8, 4) is 0 Å². The van der Waals surface area contributed by atoms with Gasteiger partial charge in [0.05, 0.1) is 21.4 Å². The van der Waals surface area contributed by atoms with E-state index in [0.29, 0.717) is 5.16 Å². The molecule has 2 rings (SSSR count). The molecule has 8 nitrogen and oxygen atoms in total. The normalized spacial score (nSPS) is 10.8. The van der Waals surface area contributed by atoms with E-state index in [2.05, 4.69) is 20.5 Å². The topological polar surface area (TPSA) is 114 Å². The number of amides is 1. The molecule has 2 N–H and O–H groups in total. The minimum absolute atomic E-state index is 0.0639.